The lowest BCUT2D eigenvalue weighted by Gasteiger charge is -2.31. The highest BCUT2D eigenvalue weighted by molar-refractivity contribution is 7.89. The minimum Gasteiger partial charge on any atom is -0.333 e. The summed E-state index contributed by atoms with van der Waals surface area (Å²) in [5.74, 6) is 0. The van der Waals surface area contributed by atoms with Crippen LogP contribution >= 0.6 is 11.6 Å². The highest BCUT2D eigenvalue weighted by Crippen LogP contribution is 2.18. The number of nitrogens with one attached hydrogen (secondary N) is 1. The molecule has 0 aliphatic carbocycles. The Morgan fingerprint density at radius 3 is 2.43 bits per heavy atom. The lowest BCUT2D eigenvalue weighted by Crippen LogP contribution is -3.14. The maximum atomic E-state index is 12.5. The van der Waals surface area contributed by atoms with Gasteiger partial charge in [-0.15, -0.1) is 0 Å². The Balaban J connectivity index is 1.95. The Morgan fingerprint density at radius 2 is 1.86 bits per heavy atom. The molecular weight excluding hydrogens is 310 g/mol. The van der Waals surface area contributed by atoms with E-state index in [1.165, 1.54) is 9.21 Å². The Bertz CT molecular complexity index is 602. The number of hydrogen-bond acceptors (Lipinski definition) is 3. The van der Waals surface area contributed by atoms with Crippen LogP contribution in [0.4, 0.5) is 0 Å². The normalized spacial score (nSPS) is 17.5. The van der Waals surface area contributed by atoms with Gasteiger partial charge in [0.05, 0.1) is 43.7 Å². The molecule has 1 fully saturated rings. The molecular formula is C14H19ClN3O2S+. The molecule has 0 saturated carbocycles. The summed E-state index contributed by atoms with van der Waals surface area (Å²) in [6.45, 7) is 3.55. The van der Waals surface area contributed by atoms with Gasteiger partial charge in [-0.25, -0.2) is 8.42 Å². The van der Waals surface area contributed by atoms with Gasteiger partial charge in [0.2, 0.25) is 10.0 Å². The predicted octanol–water partition coefficient (Wildman–Crippen LogP) is 0.533. The van der Waals surface area contributed by atoms with Crippen molar-refractivity contribution in [3.05, 3.63) is 29.3 Å². The largest absolute Gasteiger partial charge is 0.333 e. The molecule has 5 nitrogen and oxygen atoms in total. The van der Waals surface area contributed by atoms with Crippen LogP contribution in [0.5, 0.6) is 0 Å². The first kappa shape index (κ1) is 16.2. The van der Waals surface area contributed by atoms with Gasteiger partial charge in [0.15, 0.2) is 0 Å². The first-order valence-electron chi connectivity index (χ1n) is 7.00. The first-order chi connectivity index (χ1) is 10.0. The van der Waals surface area contributed by atoms with Crippen LogP contribution in [0.15, 0.2) is 29.2 Å². The van der Waals surface area contributed by atoms with Crippen LogP contribution in [0.1, 0.15) is 12.8 Å². The van der Waals surface area contributed by atoms with E-state index in [0.717, 1.165) is 26.1 Å². The summed E-state index contributed by atoms with van der Waals surface area (Å²) in [4.78, 5) is 1.66. The second kappa shape index (κ2) is 7.23. The van der Waals surface area contributed by atoms with Crippen molar-refractivity contribution in [2.45, 2.75) is 17.7 Å². The van der Waals surface area contributed by atoms with Crippen LogP contribution < -0.4 is 4.90 Å². The van der Waals surface area contributed by atoms with E-state index in [9.17, 15) is 8.42 Å². The fourth-order valence-corrected chi connectivity index (χ4v) is 4.03. The quantitative estimate of drug-likeness (QED) is 0.802. The van der Waals surface area contributed by atoms with Crippen molar-refractivity contribution in [1.29, 1.82) is 5.26 Å². The number of quaternary nitrogens is 1. The van der Waals surface area contributed by atoms with Crippen LogP contribution in [0.25, 0.3) is 0 Å². The predicted molar refractivity (Wildman–Crippen MR) is 80.6 cm³/mol. The van der Waals surface area contributed by atoms with Gasteiger partial charge in [0, 0.05) is 17.9 Å². The van der Waals surface area contributed by atoms with Crippen LogP contribution in [-0.2, 0) is 10.0 Å². The number of sulfonamides is 1. The molecule has 1 aliphatic heterocycles. The summed E-state index contributed by atoms with van der Waals surface area (Å²) in [7, 11) is -3.42. The number of halogens is 1. The molecule has 7 heteroatoms. The standard InChI is InChI=1S/C14H18ClN3O2S/c15-13-3-5-14(6-4-13)21(19,20)18-11-9-17(10-12-18)8-2-1-7-16/h3-6H,1-2,8-12H2/p+1. The maximum absolute atomic E-state index is 12.5. The van der Waals surface area contributed by atoms with Crippen LogP contribution in [0, 0.1) is 11.3 Å². The zero-order chi connectivity index (χ0) is 15.3. The average Bonchev–Trinajstić information content (AvgIpc) is 2.48. The number of benzene rings is 1. The van der Waals surface area contributed by atoms with Crippen molar-refractivity contribution in [3.8, 4) is 6.07 Å². The van der Waals surface area contributed by atoms with Crippen molar-refractivity contribution in [2.24, 2.45) is 0 Å². The Morgan fingerprint density at radius 1 is 1.24 bits per heavy atom. The molecule has 1 heterocycles. The first-order valence-corrected chi connectivity index (χ1v) is 8.82. The summed E-state index contributed by atoms with van der Waals surface area (Å²) in [6, 6.07) is 8.42. The average molecular weight is 329 g/mol. The van der Waals surface area contributed by atoms with Gasteiger partial charge in [-0.2, -0.15) is 9.57 Å². The molecule has 0 bridgehead atoms. The molecule has 1 aromatic carbocycles. The van der Waals surface area contributed by atoms with E-state index in [2.05, 4.69) is 6.07 Å². The van der Waals surface area contributed by atoms with Gasteiger partial charge < -0.3 is 4.90 Å². The van der Waals surface area contributed by atoms with E-state index in [-0.39, 0.29) is 0 Å². The van der Waals surface area contributed by atoms with E-state index >= 15 is 0 Å². The third-order valence-electron chi connectivity index (χ3n) is 3.70. The Hall–Kier alpha value is -1.13. The van der Waals surface area contributed by atoms with Crippen molar-refractivity contribution < 1.29 is 13.3 Å². The van der Waals surface area contributed by atoms with Gasteiger partial charge >= 0.3 is 0 Å². The lowest BCUT2D eigenvalue weighted by molar-refractivity contribution is -0.903. The number of piperazine rings is 1. The highest BCUT2D eigenvalue weighted by atomic mass is 35.5. The minimum absolute atomic E-state index is 0.292. The minimum atomic E-state index is -3.42. The third kappa shape index (κ3) is 4.17. The van der Waals surface area contributed by atoms with E-state index in [1.54, 1.807) is 24.3 Å². The molecule has 0 spiro atoms. The Kier molecular flexibility index (Phi) is 5.59. The fourth-order valence-electron chi connectivity index (χ4n) is 2.47. The Labute approximate surface area is 130 Å². The monoisotopic (exact) mass is 328 g/mol. The topological polar surface area (TPSA) is 65.6 Å². The molecule has 0 unspecified atom stereocenters. The van der Waals surface area contributed by atoms with Gasteiger partial charge in [0.25, 0.3) is 0 Å². The molecule has 0 atom stereocenters. The van der Waals surface area contributed by atoms with Crippen molar-refractivity contribution in [3.63, 3.8) is 0 Å². The number of hydrogen-bond donors (Lipinski definition) is 1. The van der Waals surface area contributed by atoms with Gasteiger partial charge in [-0.3, -0.25) is 0 Å². The second-order valence-corrected chi connectivity index (χ2v) is 7.49. The highest BCUT2D eigenvalue weighted by Gasteiger charge is 2.29. The molecule has 1 aliphatic rings. The fraction of sp³-hybridized carbons (Fsp3) is 0.500. The van der Waals surface area contributed by atoms with Gasteiger partial charge in [-0.1, -0.05) is 11.6 Å². The van der Waals surface area contributed by atoms with E-state index in [4.69, 9.17) is 16.9 Å². The molecule has 0 aromatic heterocycles. The summed E-state index contributed by atoms with van der Waals surface area (Å²) >= 11 is 5.79. The zero-order valence-corrected chi connectivity index (χ0v) is 13.3. The summed E-state index contributed by atoms with van der Waals surface area (Å²) in [6.07, 6.45) is 1.44. The van der Waals surface area contributed by atoms with Crippen LogP contribution in [-0.4, -0.2) is 45.4 Å². The molecule has 1 saturated heterocycles. The van der Waals surface area contributed by atoms with Crippen LogP contribution in [0.2, 0.25) is 5.02 Å². The second-order valence-electron chi connectivity index (χ2n) is 5.12. The van der Waals surface area contributed by atoms with E-state index in [0.29, 0.717) is 29.4 Å². The smallest absolute Gasteiger partial charge is 0.243 e. The zero-order valence-electron chi connectivity index (χ0n) is 11.8. The number of nitriles is 1. The molecule has 0 amide bonds. The maximum Gasteiger partial charge on any atom is 0.243 e. The molecule has 0 radical (unpaired) electrons. The lowest BCUT2D eigenvalue weighted by atomic mass is 10.3. The molecule has 1 N–H and O–H groups in total. The number of nitrogens with zero attached hydrogens (tertiary/aromatic N) is 2. The molecule has 114 valence electrons. The summed E-state index contributed by atoms with van der Waals surface area (Å²) in [5, 5.41) is 9.06. The van der Waals surface area contributed by atoms with Gasteiger partial charge in [0.1, 0.15) is 0 Å². The van der Waals surface area contributed by atoms with Crippen molar-refractivity contribution in [1.82, 2.24) is 4.31 Å². The van der Waals surface area contributed by atoms with E-state index < -0.39 is 10.0 Å². The van der Waals surface area contributed by atoms with Crippen molar-refractivity contribution >= 4 is 21.6 Å². The van der Waals surface area contributed by atoms with Crippen molar-refractivity contribution in [2.75, 3.05) is 32.7 Å². The summed E-state index contributed by atoms with van der Waals surface area (Å²) in [5.41, 5.74) is 0. The van der Waals surface area contributed by atoms with E-state index in [1.807, 2.05) is 0 Å². The SMILES string of the molecule is N#CCCC[NH+]1CCN(S(=O)(=O)c2ccc(Cl)cc2)CC1. The van der Waals surface area contributed by atoms with Gasteiger partial charge in [-0.05, 0) is 24.3 Å². The summed E-state index contributed by atoms with van der Waals surface area (Å²) < 4.78 is 26.5. The van der Waals surface area contributed by atoms with Crippen LogP contribution in [0.3, 0.4) is 0 Å². The molecule has 2 rings (SSSR count). The number of unbranched alkanes of at least 4 members (excludes halogenated alkanes) is 1. The third-order valence-corrected chi connectivity index (χ3v) is 5.86. The molecule has 1 aromatic rings. The number of rotatable bonds is 5. The molecule has 21 heavy (non-hydrogen) atoms.